The number of aliphatic hydroxyl groups is 3. The zero-order valence-corrected chi connectivity index (χ0v) is 17.3. The van der Waals surface area contributed by atoms with Crippen molar-refractivity contribution in [2.24, 2.45) is 0 Å². The van der Waals surface area contributed by atoms with Crippen molar-refractivity contribution in [3.05, 3.63) is 51.1 Å². The smallest absolute Gasteiger partial charge is 0.339 e. The molecule has 1 aliphatic heterocycles. The molecule has 1 aliphatic carbocycles. The lowest BCUT2D eigenvalue weighted by Gasteiger charge is -2.40. The minimum absolute atomic E-state index is 0.170. The van der Waals surface area contributed by atoms with Crippen molar-refractivity contribution in [1.29, 1.82) is 0 Å². The Morgan fingerprint density at radius 3 is 2.06 bits per heavy atom. The van der Waals surface area contributed by atoms with Crippen LogP contribution in [0.4, 0.5) is 0 Å². The molecule has 0 aromatic heterocycles. The normalized spacial score (nSPS) is 26.6. The maximum atomic E-state index is 13.3. The van der Waals surface area contributed by atoms with Gasteiger partial charge in [0.1, 0.15) is 35.7 Å². The fourth-order valence-corrected chi connectivity index (χ4v) is 4.42. The summed E-state index contributed by atoms with van der Waals surface area (Å²) in [7, 11) is 0. The zero-order chi connectivity index (χ0) is 24.5. The van der Waals surface area contributed by atoms with Gasteiger partial charge in [-0.15, -0.1) is 0 Å². The maximum absolute atomic E-state index is 13.3. The summed E-state index contributed by atoms with van der Waals surface area (Å²) in [6.45, 7) is 2.64. The van der Waals surface area contributed by atoms with Gasteiger partial charge >= 0.3 is 5.97 Å². The van der Waals surface area contributed by atoms with E-state index in [1.807, 2.05) is 0 Å². The third kappa shape index (κ3) is 3.09. The molecule has 174 valence electrons. The van der Waals surface area contributed by atoms with Crippen LogP contribution in [0.15, 0.2) is 12.1 Å². The standard InChI is InChI=1S/C22H20O11/c1-5-11-8(4-10(23)12(5)22(31)32)16(26)13-7(15(11)25)3-9(17(27)18(13)28)21-20(30)19(29)14(24)6(2)33-21/h3-4,6,14,19-21,23-24,27-30H,1-2H3,(H,31,32)/t6-,14+,19+,20-,21+/m0/s1. The van der Waals surface area contributed by atoms with Crippen LogP contribution < -0.4 is 0 Å². The number of aliphatic hydroxyl groups excluding tert-OH is 3. The predicted molar refractivity (Wildman–Crippen MR) is 108 cm³/mol. The summed E-state index contributed by atoms with van der Waals surface area (Å²) in [5.41, 5.74) is -2.68. The van der Waals surface area contributed by atoms with Crippen LogP contribution in [0.5, 0.6) is 17.2 Å². The van der Waals surface area contributed by atoms with Crippen LogP contribution in [0.3, 0.4) is 0 Å². The second-order valence-corrected chi connectivity index (χ2v) is 8.10. The molecule has 7 N–H and O–H groups in total. The molecule has 11 nitrogen and oxygen atoms in total. The molecule has 0 radical (unpaired) electrons. The van der Waals surface area contributed by atoms with E-state index in [1.165, 1.54) is 13.8 Å². The molecule has 0 amide bonds. The van der Waals surface area contributed by atoms with Gasteiger partial charge in [-0.1, -0.05) is 0 Å². The molecule has 2 aromatic carbocycles. The first kappa shape index (κ1) is 22.7. The molecule has 0 bridgehead atoms. The van der Waals surface area contributed by atoms with E-state index in [2.05, 4.69) is 0 Å². The number of rotatable bonds is 2. The van der Waals surface area contributed by atoms with E-state index in [4.69, 9.17) is 4.74 Å². The third-order valence-electron chi connectivity index (χ3n) is 6.18. The molecular weight excluding hydrogens is 440 g/mol. The molecule has 0 spiro atoms. The minimum atomic E-state index is -1.75. The second-order valence-electron chi connectivity index (χ2n) is 8.10. The number of carbonyl (C=O) groups excluding carboxylic acids is 2. The van der Waals surface area contributed by atoms with Gasteiger partial charge < -0.3 is 40.5 Å². The molecule has 11 heteroatoms. The number of ether oxygens (including phenoxy) is 1. The van der Waals surface area contributed by atoms with E-state index < -0.39 is 82.0 Å². The fraction of sp³-hybridized carbons (Fsp3) is 0.318. The molecule has 2 aromatic rings. The number of aromatic hydroxyl groups is 3. The Morgan fingerprint density at radius 2 is 1.45 bits per heavy atom. The topological polar surface area (TPSA) is 202 Å². The highest BCUT2D eigenvalue weighted by atomic mass is 16.5. The summed E-state index contributed by atoms with van der Waals surface area (Å²) in [6, 6.07) is 1.82. The fourth-order valence-electron chi connectivity index (χ4n) is 4.42. The molecule has 1 saturated heterocycles. The molecular formula is C22H20O11. The number of carbonyl (C=O) groups is 3. The van der Waals surface area contributed by atoms with Crippen LogP contribution >= 0.6 is 0 Å². The monoisotopic (exact) mass is 460 g/mol. The van der Waals surface area contributed by atoms with Gasteiger partial charge in [0, 0.05) is 22.3 Å². The van der Waals surface area contributed by atoms with Crippen LogP contribution in [0.1, 0.15) is 66.4 Å². The van der Waals surface area contributed by atoms with Gasteiger partial charge in [0.25, 0.3) is 0 Å². The number of carboxylic acids is 1. The third-order valence-corrected chi connectivity index (χ3v) is 6.18. The summed E-state index contributed by atoms with van der Waals surface area (Å²) in [5.74, 6) is -5.95. The molecule has 4 rings (SSSR count). The molecule has 5 atom stereocenters. The van der Waals surface area contributed by atoms with Crippen LogP contribution in [-0.4, -0.2) is 77.7 Å². The number of benzene rings is 2. The summed E-state index contributed by atoms with van der Waals surface area (Å²) >= 11 is 0. The zero-order valence-electron chi connectivity index (χ0n) is 17.3. The van der Waals surface area contributed by atoms with Gasteiger partial charge in [-0.3, -0.25) is 9.59 Å². The Labute approximate surface area is 185 Å². The van der Waals surface area contributed by atoms with Crippen molar-refractivity contribution in [2.45, 2.75) is 44.4 Å². The van der Waals surface area contributed by atoms with Crippen LogP contribution in [-0.2, 0) is 4.74 Å². The van der Waals surface area contributed by atoms with Gasteiger partial charge in [-0.05, 0) is 31.5 Å². The first-order chi connectivity index (χ1) is 15.4. The Kier molecular flexibility index (Phi) is 5.17. The quantitative estimate of drug-likeness (QED) is 0.256. The summed E-state index contributed by atoms with van der Waals surface area (Å²) < 4.78 is 5.48. The van der Waals surface area contributed by atoms with E-state index in [-0.39, 0.29) is 22.3 Å². The van der Waals surface area contributed by atoms with E-state index >= 15 is 0 Å². The van der Waals surface area contributed by atoms with Gasteiger partial charge in [-0.2, -0.15) is 0 Å². The molecule has 0 unspecified atom stereocenters. The summed E-state index contributed by atoms with van der Waals surface area (Å²) in [4.78, 5) is 37.9. The van der Waals surface area contributed by atoms with Crippen molar-refractivity contribution < 1.29 is 54.9 Å². The van der Waals surface area contributed by atoms with Crippen LogP contribution in [0, 0.1) is 6.92 Å². The highest BCUT2D eigenvalue weighted by Crippen LogP contribution is 2.46. The van der Waals surface area contributed by atoms with Gasteiger partial charge in [-0.25, -0.2) is 4.79 Å². The molecule has 1 fully saturated rings. The van der Waals surface area contributed by atoms with Crippen molar-refractivity contribution in [3.63, 3.8) is 0 Å². The number of hydrogen-bond donors (Lipinski definition) is 7. The molecule has 2 aliphatic rings. The number of phenolic OH excluding ortho intramolecular Hbond substituents is 2. The number of ketones is 2. The van der Waals surface area contributed by atoms with E-state index in [0.29, 0.717) is 0 Å². The molecule has 0 saturated carbocycles. The van der Waals surface area contributed by atoms with E-state index in [0.717, 1.165) is 12.1 Å². The Morgan fingerprint density at radius 1 is 0.879 bits per heavy atom. The predicted octanol–water partition coefficient (Wildman–Crippen LogP) is 0.128. The lowest BCUT2D eigenvalue weighted by molar-refractivity contribution is -0.219. The Bertz CT molecular complexity index is 1230. The molecule has 1 heterocycles. The number of aromatic carboxylic acids is 1. The number of hydrogen-bond acceptors (Lipinski definition) is 10. The average Bonchev–Trinajstić information content (AvgIpc) is 2.74. The van der Waals surface area contributed by atoms with Crippen molar-refractivity contribution in [3.8, 4) is 17.2 Å². The summed E-state index contributed by atoms with van der Waals surface area (Å²) in [5, 5.41) is 71.0. The van der Waals surface area contributed by atoms with Gasteiger partial charge in [0.15, 0.2) is 23.1 Å². The largest absolute Gasteiger partial charge is 0.507 e. The Balaban J connectivity index is 1.94. The highest BCUT2D eigenvalue weighted by molar-refractivity contribution is 6.30. The van der Waals surface area contributed by atoms with Crippen LogP contribution in [0.25, 0.3) is 0 Å². The van der Waals surface area contributed by atoms with Crippen molar-refractivity contribution in [1.82, 2.24) is 0 Å². The minimum Gasteiger partial charge on any atom is -0.507 e. The SMILES string of the molecule is Cc1c(C(=O)O)c(O)cc2c1C(=O)c1cc([C@H]3O[C@@H](C)[C@@H](O)[C@@H](O)[C@@H]3O)c(O)c(O)c1C2=O. The first-order valence-corrected chi connectivity index (χ1v) is 9.86. The highest BCUT2D eigenvalue weighted by Gasteiger charge is 2.45. The number of fused-ring (bicyclic) bond motifs is 2. The van der Waals surface area contributed by atoms with E-state index in [9.17, 15) is 50.1 Å². The van der Waals surface area contributed by atoms with Gasteiger partial charge in [0.05, 0.1) is 11.7 Å². The lowest BCUT2D eigenvalue weighted by Crippen LogP contribution is -2.53. The lowest BCUT2D eigenvalue weighted by atomic mass is 9.78. The van der Waals surface area contributed by atoms with Gasteiger partial charge in [0.2, 0.25) is 0 Å². The average molecular weight is 460 g/mol. The Hall–Kier alpha value is -3.51. The first-order valence-electron chi connectivity index (χ1n) is 9.86. The number of phenols is 3. The van der Waals surface area contributed by atoms with E-state index in [1.54, 1.807) is 0 Å². The van der Waals surface area contributed by atoms with Crippen molar-refractivity contribution in [2.75, 3.05) is 0 Å². The second kappa shape index (κ2) is 7.52. The maximum Gasteiger partial charge on any atom is 0.339 e. The van der Waals surface area contributed by atoms with Crippen LogP contribution in [0.2, 0.25) is 0 Å². The molecule has 33 heavy (non-hydrogen) atoms. The van der Waals surface area contributed by atoms with Crippen molar-refractivity contribution >= 4 is 17.5 Å². The number of carboxylic acid groups (broad SMARTS) is 1. The summed E-state index contributed by atoms with van der Waals surface area (Å²) in [6.07, 6.45) is -7.33.